The number of hydrogen-bond acceptors (Lipinski definition) is 4. The molecule has 1 saturated heterocycles. The number of fused-ring (bicyclic) bond motifs is 1. The number of halogens is 1. The highest BCUT2D eigenvalue weighted by Crippen LogP contribution is 2.20. The summed E-state index contributed by atoms with van der Waals surface area (Å²) in [7, 11) is 0. The Morgan fingerprint density at radius 3 is 2.52 bits per heavy atom. The van der Waals surface area contributed by atoms with Crippen LogP contribution in [0.1, 0.15) is 18.4 Å². The first-order valence-corrected chi connectivity index (χ1v) is 10.2. The predicted molar refractivity (Wildman–Crippen MR) is 115 cm³/mol. The topological polar surface area (TPSA) is 36.9 Å². The molecule has 0 saturated carbocycles. The maximum absolute atomic E-state index is 5.43. The van der Waals surface area contributed by atoms with E-state index in [1.165, 1.54) is 16.5 Å². The van der Waals surface area contributed by atoms with Crippen LogP contribution in [0, 0.1) is 6.92 Å². The molecule has 27 heavy (non-hydrogen) atoms. The van der Waals surface area contributed by atoms with Crippen LogP contribution in [0.25, 0.3) is 6.08 Å². The quantitative estimate of drug-likeness (QED) is 0.813. The highest BCUT2D eigenvalue weighted by Gasteiger charge is 2.11. The van der Waals surface area contributed by atoms with E-state index in [0.717, 1.165) is 60.5 Å². The molecule has 0 unspecified atom stereocenters. The van der Waals surface area contributed by atoms with Gasteiger partial charge in [-0.3, -0.25) is 0 Å². The fourth-order valence-electron chi connectivity index (χ4n) is 3.39. The van der Waals surface area contributed by atoms with Crippen LogP contribution in [0.3, 0.4) is 0 Å². The average Bonchev–Trinajstić information content (AvgIpc) is 2.69. The maximum atomic E-state index is 5.43. The molecule has 0 amide bonds. The smallest absolute Gasteiger partial charge is 0.127 e. The third-order valence-electron chi connectivity index (χ3n) is 4.96. The largest absolute Gasteiger partial charge is 0.378 e. The summed E-state index contributed by atoms with van der Waals surface area (Å²) in [5, 5.41) is 5.66. The van der Waals surface area contributed by atoms with Gasteiger partial charge in [0, 0.05) is 28.9 Å². The van der Waals surface area contributed by atoms with E-state index in [1.54, 1.807) is 0 Å². The summed E-state index contributed by atoms with van der Waals surface area (Å²) in [6.07, 6.45) is 6.42. The Labute approximate surface area is 168 Å². The Kier molecular flexibility index (Phi) is 5.60. The number of ether oxygens (including phenoxy) is 1. The standard InChI is InChI=1S/C22H24BrN3O/c1-16-6-7-17-4-2-3-5-20(25-22(17)21(16)23)24-18-8-10-19(11-9-18)26-12-14-27-15-13-26/h4-11,24H,2-3,12-15H2,1H3/b17-4+,20-5-,25-22-. The van der Waals surface area contributed by atoms with Gasteiger partial charge in [-0.25, -0.2) is 4.99 Å². The molecule has 4 rings (SSSR count). The molecule has 0 bridgehead atoms. The molecule has 2 aromatic carbocycles. The predicted octanol–water partition coefficient (Wildman–Crippen LogP) is 3.74. The van der Waals surface area contributed by atoms with E-state index < -0.39 is 0 Å². The van der Waals surface area contributed by atoms with Crippen LogP contribution in [0.5, 0.6) is 0 Å². The van der Waals surface area contributed by atoms with Crippen LogP contribution < -0.4 is 20.8 Å². The van der Waals surface area contributed by atoms with Gasteiger partial charge < -0.3 is 15.0 Å². The Bertz CT molecular complexity index is 960. The highest BCUT2D eigenvalue weighted by atomic mass is 79.9. The molecule has 140 valence electrons. The van der Waals surface area contributed by atoms with Gasteiger partial charge in [0.2, 0.25) is 0 Å². The number of nitrogens with one attached hydrogen (secondary N) is 1. The molecule has 1 N–H and O–H groups in total. The summed E-state index contributed by atoms with van der Waals surface area (Å²) in [4.78, 5) is 7.27. The molecule has 2 aliphatic rings. The lowest BCUT2D eigenvalue weighted by Crippen LogP contribution is -2.36. The molecule has 0 atom stereocenters. The molecule has 5 heteroatoms. The van der Waals surface area contributed by atoms with Crippen molar-refractivity contribution < 1.29 is 4.74 Å². The van der Waals surface area contributed by atoms with E-state index in [-0.39, 0.29) is 0 Å². The van der Waals surface area contributed by atoms with Crippen LogP contribution in [0.4, 0.5) is 11.4 Å². The zero-order valence-corrected chi connectivity index (χ0v) is 17.1. The summed E-state index contributed by atoms with van der Waals surface area (Å²) in [6, 6.07) is 12.9. The van der Waals surface area contributed by atoms with Gasteiger partial charge in [-0.2, -0.15) is 0 Å². The van der Waals surface area contributed by atoms with Crippen LogP contribution in [0.15, 0.2) is 57.8 Å². The zero-order valence-electron chi connectivity index (χ0n) is 15.5. The summed E-state index contributed by atoms with van der Waals surface area (Å²) in [5.41, 5.74) is 3.49. The van der Waals surface area contributed by atoms with Gasteiger partial charge in [-0.05, 0) is 76.8 Å². The lowest BCUT2D eigenvalue weighted by molar-refractivity contribution is 0.122. The minimum absolute atomic E-state index is 0.802. The van der Waals surface area contributed by atoms with E-state index in [2.05, 4.69) is 81.6 Å². The van der Waals surface area contributed by atoms with Gasteiger partial charge >= 0.3 is 0 Å². The lowest BCUT2D eigenvalue weighted by atomic mass is 10.1. The van der Waals surface area contributed by atoms with Crippen molar-refractivity contribution in [3.8, 4) is 0 Å². The normalized spacial score (nSPS) is 21.4. The van der Waals surface area contributed by atoms with Gasteiger partial charge in [0.1, 0.15) is 5.82 Å². The molecule has 1 fully saturated rings. The van der Waals surface area contributed by atoms with E-state index in [0.29, 0.717) is 0 Å². The lowest BCUT2D eigenvalue weighted by Gasteiger charge is -2.29. The number of anilines is 2. The van der Waals surface area contributed by atoms with Crippen molar-refractivity contribution in [2.24, 2.45) is 4.99 Å². The summed E-state index contributed by atoms with van der Waals surface area (Å²) < 4.78 is 6.50. The second-order valence-electron chi connectivity index (χ2n) is 6.89. The minimum Gasteiger partial charge on any atom is -0.378 e. The van der Waals surface area contributed by atoms with Crippen molar-refractivity contribution in [2.45, 2.75) is 19.8 Å². The van der Waals surface area contributed by atoms with Gasteiger partial charge in [-0.1, -0.05) is 18.2 Å². The molecule has 0 aromatic heterocycles. The van der Waals surface area contributed by atoms with Gasteiger partial charge in [0.15, 0.2) is 0 Å². The van der Waals surface area contributed by atoms with Crippen molar-refractivity contribution in [3.05, 3.63) is 68.9 Å². The molecule has 2 aromatic rings. The minimum atomic E-state index is 0.802. The molecule has 4 nitrogen and oxygen atoms in total. The number of rotatable bonds is 3. The first-order valence-electron chi connectivity index (χ1n) is 9.45. The van der Waals surface area contributed by atoms with Crippen molar-refractivity contribution >= 4 is 33.4 Å². The molecule has 0 spiro atoms. The maximum Gasteiger partial charge on any atom is 0.127 e. The number of hydrogen-bond donors (Lipinski definition) is 1. The Balaban J connectivity index is 1.59. The Hall–Kier alpha value is -2.11. The molecular formula is C22H24BrN3O. The van der Waals surface area contributed by atoms with E-state index in [1.807, 2.05) is 0 Å². The SMILES string of the molecule is Cc1ccc2/c(c1Br)=N/C(Nc1ccc(N3CCOCC3)cc1)=C\CC/C=2. The number of benzene rings is 2. The zero-order chi connectivity index (χ0) is 18.6. The molecular weight excluding hydrogens is 402 g/mol. The molecule has 0 aliphatic carbocycles. The van der Waals surface area contributed by atoms with Crippen molar-refractivity contribution in [2.75, 3.05) is 36.5 Å². The Morgan fingerprint density at radius 1 is 1.00 bits per heavy atom. The Morgan fingerprint density at radius 2 is 1.74 bits per heavy atom. The van der Waals surface area contributed by atoms with Crippen LogP contribution in [-0.2, 0) is 4.74 Å². The second-order valence-corrected chi connectivity index (χ2v) is 7.68. The van der Waals surface area contributed by atoms with Crippen molar-refractivity contribution in [1.82, 2.24) is 0 Å². The average molecular weight is 426 g/mol. The van der Waals surface area contributed by atoms with Gasteiger partial charge in [0.05, 0.1) is 18.6 Å². The third-order valence-corrected chi connectivity index (χ3v) is 5.96. The first-order chi connectivity index (χ1) is 13.2. The first kappa shape index (κ1) is 18.3. The van der Waals surface area contributed by atoms with Crippen LogP contribution >= 0.6 is 15.9 Å². The fraction of sp³-hybridized carbons (Fsp3) is 0.318. The van der Waals surface area contributed by atoms with E-state index in [4.69, 9.17) is 9.73 Å². The van der Waals surface area contributed by atoms with Crippen molar-refractivity contribution in [3.63, 3.8) is 0 Å². The summed E-state index contributed by atoms with van der Waals surface area (Å²) >= 11 is 3.71. The molecule has 2 aliphatic heterocycles. The fourth-order valence-corrected chi connectivity index (χ4v) is 3.84. The monoisotopic (exact) mass is 425 g/mol. The third kappa shape index (κ3) is 4.25. The highest BCUT2D eigenvalue weighted by molar-refractivity contribution is 9.10. The van der Waals surface area contributed by atoms with Crippen molar-refractivity contribution in [1.29, 1.82) is 0 Å². The van der Waals surface area contributed by atoms with Crippen LogP contribution in [0.2, 0.25) is 0 Å². The molecule has 0 radical (unpaired) electrons. The van der Waals surface area contributed by atoms with E-state index >= 15 is 0 Å². The van der Waals surface area contributed by atoms with Gasteiger partial charge in [0.25, 0.3) is 0 Å². The second kappa shape index (κ2) is 8.28. The number of aryl methyl sites for hydroxylation is 1. The molecule has 2 heterocycles. The van der Waals surface area contributed by atoms with E-state index in [9.17, 15) is 0 Å². The summed E-state index contributed by atoms with van der Waals surface area (Å²) in [6.45, 7) is 5.61. The summed E-state index contributed by atoms with van der Waals surface area (Å²) in [5.74, 6) is 0.898. The number of morpholine rings is 1. The number of allylic oxidation sites excluding steroid dienone is 1. The van der Waals surface area contributed by atoms with Gasteiger partial charge in [-0.15, -0.1) is 0 Å². The number of nitrogens with zero attached hydrogens (tertiary/aromatic N) is 2. The van der Waals surface area contributed by atoms with Crippen LogP contribution in [-0.4, -0.2) is 26.3 Å².